The highest BCUT2D eigenvalue weighted by atomic mass is 16.4. The fourth-order valence-electron chi connectivity index (χ4n) is 6.77. The van der Waals surface area contributed by atoms with E-state index in [1.165, 1.54) is 44.5 Å². The molecular formula is C38H42N2O4. The van der Waals surface area contributed by atoms with Gasteiger partial charge in [-0.1, -0.05) is 97.1 Å². The van der Waals surface area contributed by atoms with Gasteiger partial charge in [0.15, 0.2) is 0 Å². The molecule has 0 aliphatic carbocycles. The number of fused-ring (bicyclic) bond motifs is 2. The van der Waals surface area contributed by atoms with Crippen molar-refractivity contribution in [2.24, 2.45) is 0 Å². The molecule has 0 amide bonds. The van der Waals surface area contributed by atoms with Crippen molar-refractivity contribution in [1.82, 2.24) is 9.80 Å². The van der Waals surface area contributed by atoms with E-state index in [0.29, 0.717) is 0 Å². The molecule has 228 valence electrons. The summed E-state index contributed by atoms with van der Waals surface area (Å²) in [7, 11) is 0. The lowest BCUT2D eigenvalue weighted by Crippen LogP contribution is -2.45. The zero-order valence-electron chi connectivity index (χ0n) is 26.0. The maximum absolute atomic E-state index is 11.5. The quantitative estimate of drug-likeness (QED) is 0.256. The van der Waals surface area contributed by atoms with Crippen molar-refractivity contribution in [1.29, 1.82) is 0 Å². The van der Waals surface area contributed by atoms with Crippen LogP contribution >= 0.6 is 0 Å². The molecule has 0 bridgehead atoms. The van der Waals surface area contributed by atoms with Crippen LogP contribution in [0.25, 0.3) is 0 Å². The van der Waals surface area contributed by atoms with Gasteiger partial charge in [0.1, 0.15) is 12.1 Å². The van der Waals surface area contributed by atoms with Gasteiger partial charge in [0.2, 0.25) is 0 Å². The van der Waals surface area contributed by atoms with E-state index in [1.54, 1.807) is 13.8 Å². The van der Waals surface area contributed by atoms with Gasteiger partial charge in [0.05, 0.1) is 12.1 Å². The van der Waals surface area contributed by atoms with Crippen LogP contribution in [-0.2, 0) is 22.4 Å². The summed E-state index contributed by atoms with van der Waals surface area (Å²) in [5.74, 6) is -1.53. The zero-order valence-corrected chi connectivity index (χ0v) is 26.0. The number of aliphatic carboxylic acids is 2. The van der Waals surface area contributed by atoms with Crippen molar-refractivity contribution >= 4 is 11.9 Å². The van der Waals surface area contributed by atoms with Crippen molar-refractivity contribution < 1.29 is 19.8 Å². The highest BCUT2D eigenvalue weighted by molar-refractivity contribution is 5.73. The molecule has 0 spiro atoms. The van der Waals surface area contributed by atoms with Crippen LogP contribution < -0.4 is 0 Å². The second kappa shape index (κ2) is 13.6. The summed E-state index contributed by atoms with van der Waals surface area (Å²) in [6.45, 7) is 9.28. The number of hydrogen-bond donors (Lipinski definition) is 2. The Morgan fingerprint density at radius 1 is 0.568 bits per heavy atom. The number of carbonyl (C=O) groups is 2. The zero-order chi connectivity index (χ0) is 31.4. The molecule has 0 unspecified atom stereocenters. The van der Waals surface area contributed by atoms with E-state index in [2.05, 4.69) is 84.3 Å². The Morgan fingerprint density at radius 3 is 1.23 bits per heavy atom. The third-order valence-corrected chi connectivity index (χ3v) is 9.32. The molecule has 4 atom stereocenters. The molecule has 4 aromatic rings. The van der Waals surface area contributed by atoms with Crippen LogP contribution in [0.4, 0.5) is 0 Å². The van der Waals surface area contributed by atoms with E-state index >= 15 is 0 Å². The fraction of sp³-hybridized carbons (Fsp3) is 0.316. The smallest absolute Gasteiger partial charge is 0.320 e. The van der Waals surface area contributed by atoms with E-state index in [9.17, 15) is 19.8 Å². The molecule has 0 radical (unpaired) electrons. The number of rotatable bonds is 6. The molecule has 6 heteroatoms. The molecule has 0 saturated carbocycles. The Bertz CT molecular complexity index is 1510. The van der Waals surface area contributed by atoms with E-state index in [-0.39, 0.29) is 12.1 Å². The average molecular weight is 591 g/mol. The van der Waals surface area contributed by atoms with Crippen LogP contribution in [0, 0.1) is 13.8 Å². The van der Waals surface area contributed by atoms with Crippen LogP contribution in [0.3, 0.4) is 0 Å². The Morgan fingerprint density at radius 2 is 0.886 bits per heavy atom. The molecule has 4 aromatic carbocycles. The molecule has 6 rings (SSSR count). The SMILES string of the molecule is Cc1ccccc1[C@@H]1c2ccccc2CCN1[C@@H](C)C(=O)O.Cc1ccccc1[C@H]1c2ccccc2CCN1[C@@H](C)C(=O)O. The predicted octanol–water partition coefficient (Wildman–Crippen LogP) is 6.83. The first kappa shape index (κ1) is 31.2. The minimum atomic E-state index is -0.766. The topological polar surface area (TPSA) is 81.1 Å². The van der Waals surface area contributed by atoms with Gasteiger partial charge in [0, 0.05) is 13.1 Å². The fourth-order valence-corrected chi connectivity index (χ4v) is 6.77. The molecule has 2 heterocycles. The summed E-state index contributed by atoms with van der Waals surface area (Å²) in [6.07, 6.45) is 1.80. The lowest BCUT2D eigenvalue weighted by molar-refractivity contribution is -0.144. The summed E-state index contributed by atoms with van der Waals surface area (Å²) < 4.78 is 0. The standard InChI is InChI=1S/2C19H21NO2/c2*1-13-7-3-5-9-16(13)18-17-10-6-4-8-15(17)11-12-20(18)14(2)19(21)22/h2*3-10,14,18H,11-12H2,1-2H3,(H,21,22)/t14-,18+;14-,18-/m00/s1. The minimum absolute atomic E-state index is 0.0113. The van der Waals surface area contributed by atoms with Gasteiger partial charge in [-0.05, 0) is 85.0 Å². The molecule has 2 N–H and O–H groups in total. The van der Waals surface area contributed by atoms with Crippen molar-refractivity contribution in [3.05, 3.63) is 142 Å². The van der Waals surface area contributed by atoms with E-state index < -0.39 is 24.0 Å². The molecule has 0 fully saturated rings. The van der Waals surface area contributed by atoms with Crippen LogP contribution in [0.1, 0.15) is 70.4 Å². The second-order valence-corrected chi connectivity index (χ2v) is 11.9. The van der Waals surface area contributed by atoms with Crippen LogP contribution in [0.2, 0.25) is 0 Å². The summed E-state index contributed by atoms with van der Waals surface area (Å²) in [5, 5.41) is 18.9. The second-order valence-electron chi connectivity index (χ2n) is 11.9. The highest BCUT2D eigenvalue weighted by Gasteiger charge is 2.36. The van der Waals surface area contributed by atoms with E-state index in [4.69, 9.17) is 0 Å². The molecule has 6 nitrogen and oxygen atoms in total. The van der Waals surface area contributed by atoms with Crippen molar-refractivity contribution in [2.75, 3.05) is 13.1 Å². The van der Waals surface area contributed by atoms with Gasteiger partial charge < -0.3 is 10.2 Å². The van der Waals surface area contributed by atoms with Crippen molar-refractivity contribution in [3.8, 4) is 0 Å². The summed E-state index contributed by atoms with van der Waals surface area (Å²) in [4.78, 5) is 27.3. The van der Waals surface area contributed by atoms with Crippen LogP contribution in [-0.4, -0.2) is 57.1 Å². The maximum Gasteiger partial charge on any atom is 0.320 e. The Kier molecular flexibility index (Phi) is 9.62. The third kappa shape index (κ3) is 6.33. The Labute approximate surface area is 260 Å². The monoisotopic (exact) mass is 590 g/mol. The van der Waals surface area contributed by atoms with Crippen LogP contribution in [0.15, 0.2) is 97.1 Å². The molecule has 0 saturated heterocycles. The van der Waals surface area contributed by atoms with Gasteiger partial charge in [-0.25, -0.2) is 0 Å². The number of carboxylic acid groups (broad SMARTS) is 2. The summed E-state index contributed by atoms with van der Waals surface area (Å²) in [5.41, 5.74) is 9.91. The normalized spacial score (nSPS) is 19.5. The summed E-state index contributed by atoms with van der Waals surface area (Å²) >= 11 is 0. The lowest BCUT2D eigenvalue weighted by Gasteiger charge is -2.40. The number of aryl methyl sites for hydroxylation is 2. The Hall–Kier alpha value is -4.26. The lowest BCUT2D eigenvalue weighted by atomic mass is 9.85. The number of carboxylic acids is 2. The molecule has 2 aliphatic heterocycles. The predicted molar refractivity (Wildman–Crippen MR) is 174 cm³/mol. The first-order valence-electron chi connectivity index (χ1n) is 15.4. The number of hydrogen-bond acceptors (Lipinski definition) is 4. The van der Waals surface area contributed by atoms with Crippen molar-refractivity contribution in [2.45, 2.75) is 64.7 Å². The first-order chi connectivity index (χ1) is 21.2. The molecule has 0 aromatic heterocycles. The summed E-state index contributed by atoms with van der Waals surface area (Å²) in [6, 6.07) is 32.3. The highest BCUT2D eigenvalue weighted by Crippen LogP contribution is 2.39. The number of nitrogens with zero attached hydrogens (tertiary/aromatic N) is 2. The maximum atomic E-state index is 11.5. The number of benzene rings is 4. The average Bonchev–Trinajstić information content (AvgIpc) is 3.04. The largest absolute Gasteiger partial charge is 0.480 e. The van der Waals surface area contributed by atoms with Gasteiger partial charge in [-0.15, -0.1) is 0 Å². The van der Waals surface area contributed by atoms with Crippen molar-refractivity contribution in [3.63, 3.8) is 0 Å². The van der Waals surface area contributed by atoms with Gasteiger partial charge >= 0.3 is 11.9 Å². The van der Waals surface area contributed by atoms with Crippen LogP contribution in [0.5, 0.6) is 0 Å². The first-order valence-corrected chi connectivity index (χ1v) is 15.4. The van der Waals surface area contributed by atoms with E-state index in [0.717, 1.165) is 25.9 Å². The minimum Gasteiger partial charge on any atom is -0.480 e. The third-order valence-electron chi connectivity index (χ3n) is 9.32. The molecule has 44 heavy (non-hydrogen) atoms. The molecular weight excluding hydrogens is 548 g/mol. The molecule has 2 aliphatic rings. The Balaban J connectivity index is 0.000000175. The van der Waals surface area contributed by atoms with E-state index in [1.807, 2.05) is 36.4 Å². The van der Waals surface area contributed by atoms with Gasteiger partial charge in [-0.2, -0.15) is 0 Å². The van der Waals surface area contributed by atoms with Gasteiger partial charge in [0.25, 0.3) is 0 Å². The van der Waals surface area contributed by atoms with Gasteiger partial charge in [-0.3, -0.25) is 19.4 Å².